The van der Waals surface area contributed by atoms with Crippen molar-refractivity contribution in [3.63, 3.8) is 0 Å². The fourth-order valence-corrected chi connectivity index (χ4v) is 6.37. The first-order valence-electron chi connectivity index (χ1n) is 14.3. The summed E-state index contributed by atoms with van der Waals surface area (Å²) in [5.41, 5.74) is -0.660. The predicted molar refractivity (Wildman–Crippen MR) is 150 cm³/mol. The number of carbonyl (C=O) groups is 1. The molecule has 7 heteroatoms. The number of likely N-dealkylation sites (tertiary alicyclic amines) is 2. The van der Waals surface area contributed by atoms with Crippen molar-refractivity contribution in [1.29, 1.82) is 0 Å². The number of halogens is 3. The first-order valence-corrected chi connectivity index (χ1v) is 14.3. The molecule has 1 amide bonds. The van der Waals surface area contributed by atoms with Crippen LogP contribution in [-0.2, 0) is 22.0 Å². The number of hydrogen-bond acceptors (Lipinski definition) is 3. The van der Waals surface area contributed by atoms with Gasteiger partial charge in [0.15, 0.2) is 0 Å². The Hall–Kier alpha value is -3.16. The van der Waals surface area contributed by atoms with Crippen LogP contribution in [0, 0.1) is 0 Å². The molecule has 2 aliphatic rings. The van der Waals surface area contributed by atoms with Crippen LogP contribution in [0.1, 0.15) is 60.8 Å². The molecule has 2 heterocycles. The van der Waals surface area contributed by atoms with E-state index in [1.54, 1.807) is 6.07 Å². The largest absolute Gasteiger partial charge is 0.416 e. The highest BCUT2D eigenvalue weighted by Crippen LogP contribution is 2.41. The molecule has 0 aliphatic carbocycles. The number of rotatable bonds is 7. The summed E-state index contributed by atoms with van der Waals surface area (Å²) in [6, 6.07) is 25.0. The number of benzene rings is 3. The molecule has 5 rings (SSSR count). The van der Waals surface area contributed by atoms with E-state index in [2.05, 4.69) is 4.90 Å². The Labute approximate surface area is 234 Å². The van der Waals surface area contributed by atoms with Crippen molar-refractivity contribution in [2.24, 2.45) is 0 Å². The third-order valence-corrected chi connectivity index (χ3v) is 8.76. The highest BCUT2D eigenvalue weighted by Gasteiger charge is 2.45. The number of amides is 1. The van der Waals surface area contributed by atoms with Crippen LogP contribution in [0.4, 0.5) is 13.2 Å². The van der Waals surface area contributed by atoms with Gasteiger partial charge in [-0.25, -0.2) is 0 Å². The third kappa shape index (κ3) is 5.81. The van der Waals surface area contributed by atoms with Gasteiger partial charge in [0, 0.05) is 26.2 Å². The molecule has 0 spiro atoms. The van der Waals surface area contributed by atoms with Crippen LogP contribution >= 0.6 is 0 Å². The minimum atomic E-state index is -4.45. The molecular formula is C33H37F3N2O2. The smallest absolute Gasteiger partial charge is 0.385 e. The van der Waals surface area contributed by atoms with Crippen molar-refractivity contribution in [2.75, 3.05) is 32.7 Å². The Morgan fingerprint density at radius 3 is 1.85 bits per heavy atom. The van der Waals surface area contributed by atoms with Crippen LogP contribution in [0.25, 0.3) is 0 Å². The van der Waals surface area contributed by atoms with Crippen molar-refractivity contribution in [1.82, 2.24) is 9.80 Å². The van der Waals surface area contributed by atoms with E-state index in [9.17, 15) is 23.1 Å². The van der Waals surface area contributed by atoms with Gasteiger partial charge in [0.05, 0.1) is 11.2 Å². The van der Waals surface area contributed by atoms with Gasteiger partial charge in [0.2, 0.25) is 5.91 Å². The van der Waals surface area contributed by atoms with Crippen molar-refractivity contribution < 1.29 is 23.1 Å². The van der Waals surface area contributed by atoms with E-state index in [4.69, 9.17) is 0 Å². The Balaban J connectivity index is 1.39. The summed E-state index contributed by atoms with van der Waals surface area (Å²) >= 11 is 0. The molecule has 2 fully saturated rings. The lowest BCUT2D eigenvalue weighted by atomic mass is 9.70. The van der Waals surface area contributed by atoms with Crippen molar-refractivity contribution >= 4 is 5.91 Å². The summed E-state index contributed by atoms with van der Waals surface area (Å²) in [7, 11) is 0. The fraction of sp³-hybridized carbons (Fsp3) is 0.424. The zero-order chi connectivity index (χ0) is 28.2. The molecule has 0 bridgehead atoms. The average molecular weight is 551 g/mol. The van der Waals surface area contributed by atoms with Gasteiger partial charge < -0.3 is 14.9 Å². The van der Waals surface area contributed by atoms with Gasteiger partial charge in [-0.05, 0) is 73.9 Å². The fourth-order valence-electron chi connectivity index (χ4n) is 6.37. The highest BCUT2D eigenvalue weighted by molar-refractivity contribution is 5.92. The van der Waals surface area contributed by atoms with E-state index >= 15 is 0 Å². The highest BCUT2D eigenvalue weighted by atomic mass is 19.4. The summed E-state index contributed by atoms with van der Waals surface area (Å²) in [4.78, 5) is 18.7. The minimum Gasteiger partial charge on any atom is -0.385 e. The van der Waals surface area contributed by atoms with Crippen LogP contribution in [0.5, 0.6) is 0 Å². The Kier molecular flexibility index (Phi) is 8.34. The lowest BCUT2D eigenvalue weighted by molar-refractivity contribution is -0.138. The first-order chi connectivity index (χ1) is 19.2. The van der Waals surface area contributed by atoms with Crippen molar-refractivity contribution in [2.45, 2.75) is 55.7 Å². The molecule has 0 unspecified atom stereocenters. The van der Waals surface area contributed by atoms with Gasteiger partial charge >= 0.3 is 6.18 Å². The van der Waals surface area contributed by atoms with Crippen molar-refractivity contribution in [3.8, 4) is 0 Å². The maximum Gasteiger partial charge on any atom is 0.416 e. The normalized spacial score (nSPS) is 18.4. The lowest BCUT2D eigenvalue weighted by Gasteiger charge is -2.43. The Morgan fingerprint density at radius 2 is 1.30 bits per heavy atom. The molecule has 0 atom stereocenters. The van der Waals surface area contributed by atoms with Gasteiger partial charge in [-0.1, -0.05) is 72.8 Å². The number of hydrogen-bond donors (Lipinski definition) is 1. The van der Waals surface area contributed by atoms with E-state index in [0.717, 1.165) is 55.6 Å². The molecule has 4 nitrogen and oxygen atoms in total. The molecule has 3 aromatic rings. The van der Waals surface area contributed by atoms with Crippen LogP contribution in [-0.4, -0.2) is 53.5 Å². The molecule has 0 radical (unpaired) electrons. The topological polar surface area (TPSA) is 43.8 Å². The second-order valence-corrected chi connectivity index (χ2v) is 11.2. The van der Waals surface area contributed by atoms with E-state index in [1.807, 2.05) is 65.6 Å². The van der Waals surface area contributed by atoms with E-state index in [1.165, 1.54) is 6.07 Å². The molecule has 3 aromatic carbocycles. The molecular weight excluding hydrogens is 513 g/mol. The third-order valence-electron chi connectivity index (χ3n) is 8.76. The average Bonchev–Trinajstić information content (AvgIpc) is 2.99. The maximum atomic E-state index is 14.5. The van der Waals surface area contributed by atoms with Gasteiger partial charge in [0.25, 0.3) is 0 Å². The summed E-state index contributed by atoms with van der Waals surface area (Å²) in [5.74, 6) is 0.127. The number of nitrogens with zero attached hydrogens (tertiary/aromatic N) is 2. The summed E-state index contributed by atoms with van der Waals surface area (Å²) < 4.78 is 39.9. The van der Waals surface area contributed by atoms with Gasteiger partial charge in [-0.15, -0.1) is 0 Å². The SMILES string of the molecule is O=C(N1CCCCC1)C(CCN1CCC(O)(c2cccc(C(F)(F)F)c2)CC1)(c1ccccc1)c1ccccc1. The van der Waals surface area contributed by atoms with Crippen LogP contribution in [0.15, 0.2) is 84.9 Å². The van der Waals surface area contributed by atoms with Gasteiger partial charge in [-0.3, -0.25) is 4.79 Å². The van der Waals surface area contributed by atoms with E-state index in [0.29, 0.717) is 44.5 Å². The standard InChI is InChI=1S/C33H37F3N2O2/c34-33(35,36)29-16-10-15-28(25-29)31(40)17-22-37(23-18-31)24-19-32(26-11-4-1-5-12-26,27-13-6-2-7-14-27)30(39)38-20-8-3-9-21-38/h1-2,4-7,10-16,25,40H,3,8-9,17-24H2. The molecule has 0 saturated carbocycles. The van der Waals surface area contributed by atoms with Gasteiger partial charge in [0.1, 0.15) is 5.41 Å². The van der Waals surface area contributed by atoms with Crippen molar-refractivity contribution in [3.05, 3.63) is 107 Å². The summed E-state index contributed by atoms with van der Waals surface area (Å²) in [5, 5.41) is 11.3. The zero-order valence-electron chi connectivity index (χ0n) is 22.7. The molecule has 2 saturated heterocycles. The number of alkyl halides is 3. The second kappa shape index (κ2) is 11.8. The number of piperidine rings is 2. The maximum absolute atomic E-state index is 14.5. The van der Waals surface area contributed by atoms with Crippen LogP contribution in [0.2, 0.25) is 0 Å². The van der Waals surface area contributed by atoms with Crippen LogP contribution in [0.3, 0.4) is 0 Å². The Bertz CT molecular complexity index is 1230. The van der Waals surface area contributed by atoms with Crippen LogP contribution < -0.4 is 0 Å². The molecule has 0 aromatic heterocycles. The quantitative estimate of drug-likeness (QED) is 0.372. The number of aliphatic hydroxyl groups is 1. The monoisotopic (exact) mass is 550 g/mol. The summed E-state index contributed by atoms with van der Waals surface area (Å²) in [6.45, 7) is 3.21. The predicted octanol–water partition coefficient (Wildman–Crippen LogP) is 6.38. The summed E-state index contributed by atoms with van der Waals surface area (Å²) in [6.07, 6.45) is -0.0755. The zero-order valence-corrected chi connectivity index (χ0v) is 22.7. The minimum absolute atomic E-state index is 0.127. The lowest BCUT2D eigenvalue weighted by Crippen LogP contribution is -2.51. The Morgan fingerprint density at radius 1 is 0.750 bits per heavy atom. The first kappa shape index (κ1) is 28.4. The molecule has 212 valence electrons. The van der Waals surface area contributed by atoms with Gasteiger partial charge in [-0.2, -0.15) is 13.2 Å². The van der Waals surface area contributed by atoms with E-state index in [-0.39, 0.29) is 5.91 Å². The van der Waals surface area contributed by atoms with E-state index < -0.39 is 22.8 Å². The second-order valence-electron chi connectivity index (χ2n) is 11.2. The molecule has 1 N–H and O–H groups in total. The molecule has 2 aliphatic heterocycles. The molecule has 40 heavy (non-hydrogen) atoms. The number of carbonyl (C=O) groups excluding carboxylic acids is 1.